The van der Waals surface area contributed by atoms with Gasteiger partial charge in [0.25, 0.3) is 20.2 Å². The number of azo groups is 2. The van der Waals surface area contributed by atoms with Gasteiger partial charge in [-0.15, -0.1) is 15.3 Å². The zero-order valence-corrected chi connectivity index (χ0v) is 27.9. The summed E-state index contributed by atoms with van der Waals surface area (Å²) in [4.78, 5) is -1.56. The summed E-state index contributed by atoms with van der Waals surface area (Å²) in [5, 5.41) is 26.7. The first-order valence-corrected chi connectivity index (χ1v) is 16.9. The van der Waals surface area contributed by atoms with Crippen molar-refractivity contribution in [3.05, 3.63) is 78.4 Å². The number of phenolic OH excluding ortho intramolecular Hbond substituents is 1. The molecule has 5 rings (SSSR count). The number of nitrogens with two attached hydrogens (primary N) is 1. The molecule has 5 aromatic rings. The number of aryl methyl sites for hydroxylation is 1. The maximum absolute atomic E-state index is 12.2. The number of rotatable bonds is 10. The predicted octanol–water partition coefficient (Wildman–Crippen LogP) is 7.45. The van der Waals surface area contributed by atoms with Gasteiger partial charge in [-0.2, -0.15) is 21.9 Å². The van der Waals surface area contributed by atoms with E-state index >= 15 is 0 Å². The van der Waals surface area contributed by atoms with Gasteiger partial charge >= 0.3 is 0 Å². The minimum absolute atomic E-state index is 0.147. The molecule has 0 unspecified atom stereocenters. The van der Waals surface area contributed by atoms with Gasteiger partial charge < -0.3 is 25.1 Å². The van der Waals surface area contributed by atoms with Gasteiger partial charge in [-0.3, -0.25) is 9.11 Å². The molecule has 0 aliphatic rings. The van der Waals surface area contributed by atoms with E-state index in [9.17, 15) is 31.0 Å². The highest BCUT2D eigenvalue weighted by Crippen LogP contribution is 2.44. The molecular weight excluding hydrogens is 679 g/mol. The summed E-state index contributed by atoms with van der Waals surface area (Å²) < 4.78 is 84.3. The van der Waals surface area contributed by atoms with Crippen LogP contribution in [-0.4, -0.2) is 52.4 Å². The molecule has 17 heteroatoms. The normalized spacial score (nSPS) is 12.2. The zero-order chi connectivity index (χ0) is 35.7. The van der Waals surface area contributed by atoms with Gasteiger partial charge in [0, 0.05) is 16.8 Å². The Bertz CT molecular complexity index is 2400. The smallest absolute Gasteiger partial charge is 0.295 e. The molecule has 0 radical (unpaired) electrons. The molecule has 0 saturated heterocycles. The average Bonchev–Trinajstić information content (AvgIpc) is 3.06. The number of benzene rings is 5. The molecule has 254 valence electrons. The second-order valence-electron chi connectivity index (χ2n) is 10.4. The first kappa shape index (κ1) is 34.7. The molecular formula is C32H29N5O10S2. The fourth-order valence-corrected chi connectivity index (χ4v) is 6.39. The van der Waals surface area contributed by atoms with Crippen molar-refractivity contribution in [3.8, 4) is 34.1 Å². The number of phenols is 1. The second kappa shape index (κ2) is 13.5. The van der Waals surface area contributed by atoms with E-state index in [0.717, 1.165) is 29.8 Å². The maximum Gasteiger partial charge on any atom is 0.295 e. The minimum atomic E-state index is -4.94. The van der Waals surface area contributed by atoms with E-state index in [-0.39, 0.29) is 16.8 Å². The Morgan fingerprint density at radius 3 is 1.63 bits per heavy atom. The molecule has 5 N–H and O–H groups in total. The van der Waals surface area contributed by atoms with Crippen LogP contribution in [0.25, 0.3) is 21.9 Å². The Balaban J connectivity index is 1.51. The van der Waals surface area contributed by atoms with Gasteiger partial charge in [-0.25, -0.2) is 0 Å². The van der Waals surface area contributed by atoms with E-state index in [4.69, 9.17) is 19.9 Å². The molecule has 0 amide bonds. The average molecular weight is 708 g/mol. The maximum atomic E-state index is 12.2. The molecule has 0 fully saturated rings. The number of aromatic hydroxyl groups is 1. The van der Waals surface area contributed by atoms with Gasteiger partial charge in [-0.1, -0.05) is 24.3 Å². The van der Waals surface area contributed by atoms with Crippen LogP contribution in [-0.2, 0) is 20.2 Å². The monoisotopic (exact) mass is 707 g/mol. The van der Waals surface area contributed by atoms with Gasteiger partial charge in [-0.05, 0) is 66.1 Å². The molecule has 15 nitrogen and oxygen atoms in total. The molecule has 0 bridgehead atoms. The van der Waals surface area contributed by atoms with Crippen LogP contribution in [0, 0.1) is 6.92 Å². The van der Waals surface area contributed by atoms with Crippen LogP contribution in [0.2, 0.25) is 0 Å². The summed E-state index contributed by atoms with van der Waals surface area (Å²) in [7, 11) is -5.48. The van der Waals surface area contributed by atoms with Crippen molar-refractivity contribution in [2.75, 3.05) is 27.1 Å². The molecule has 0 heterocycles. The van der Waals surface area contributed by atoms with Gasteiger partial charge in [0.1, 0.15) is 44.1 Å². The third-order valence-electron chi connectivity index (χ3n) is 7.37. The van der Waals surface area contributed by atoms with Crippen LogP contribution >= 0.6 is 0 Å². The number of fused-ring (bicyclic) bond motifs is 1. The van der Waals surface area contributed by atoms with E-state index in [1.165, 1.54) is 21.3 Å². The number of nitrogen functional groups attached to an aromatic ring is 1. The predicted molar refractivity (Wildman–Crippen MR) is 181 cm³/mol. The number of hydrogen-bond donors (Lipinski definition) is 4. The Morgan fingerprint density at radius 2 is 1.12 bits per heavy atom. The van der Waals surface area contributed by atoms with Crippen LogP contribution < -0.4 is 19.9 Å². The lowest BCUT2D eigenvalue weighted by Gasteiger charge is -2.12. The van der Waals surface area contributed by atoms with Crippen molar-refractivity contribution in [1.29, 1.82) is 0 Å². The zero-order valence-electron chi connectivity index (χ0n) is 26.3. The summed E-state index contributed by atoms with van der Waals surface area (Å²) in [5.74, 6) is 0.326. The molecule has 0 aliphatic heterocycles. The van der Waals surface area contributed by atoms with Gasteiger partial charge in [0.05, 0.1) is 32.7 Å². The van der Waals surface area contributed by atoms with Gasteiger partial charge in [0.2, 0.25) is 0 Å². The highest BCUT2D eigenvalue weighted by molar-refractivity contribution is 7.86. The van der Waals surface area contributed by atoms with Crippen LogP contribution in [0.3, 0.4) is 0 Å². The molecule has 49 heavy (non-hydrogen) atoms. The van der Waals surface area contributed by atoms with Crippen LogP contribution in [0.15, 0.2) is 103 Å². The quantitative estimate of drug-likeness (QED) is 0.0632. The minimum Gasteiger partial charge on any atom is -0.505 e. The molecule has 0 aromatic heterocycles. The van der Waals surface area contributed by atoms with Crippen LogP contribution in [0.5, 0.6) is 23.0 Å². The third kappa shape index (κ3) is 7.14. The number of hydrogen-bond acceptors (Lipinski definition) is 13. The van der Waals surface area contributed by atoms with E-state index < -0.39 is 46.9 Å². The Morgan fingerprint density at radius 1 is 0.612 bits per heavy atom. The van der Waals surface area contributed by atoms with Crippen molar-refractivity contribution in [2.24, 2.45) is 20.5 Å². The second-order valence-corrected chi connectivity index (χ2v) is 13.2. The fourth-order valence-electron chi connectivity index (χ4n) is 4.96. The van der Waals surface area contributed by atoms with E-state index in [0.29, 0.717) is 39.7 Å². The van der Waals surface area contributed by atoms with Crippen molar-refractivity contribution in [3.63, 3.8) is 0 Å². The van der Waals surface area contributed by atoms with E-state index in [2.05, 4.69) is 20.5 Å². The largest absolute Gasteiger partial charge is 0.505 e. The number of anilines is 1. The van der Waals surface area contributed by atoms with Crippen molar-refractivity contribution in [2.45, 2.75) is 16.7 Å². The molecule has 5 aromatic carbocycles. The number of methoxy groups -OCH3 is 3. The lowest BCUT2D eigenvalue weighted by atomic mass is 10.0. The number of ether oxygens (including phenoxy) is 3. The third-order valence-corrected chi connectivity index (χ3v) is 9.16. The lowest BCUT2D eigenvalue weighted by molar-refractivity contribution is 0.415. The van der Waals surface area contributed by atoms with Gasteiger partial charge in [0.15, 0.2) is 5.75 Å². The summed E-state index contributed by atoms with van der Waals surface area (Å²) >= 11 is 0. The highest BCUT2D eigenvalue weighted by Gasteiger charge is 2.25. The summed E-state index contributed by atoms with van der Waals surface area (Å²) in [6.07, 6.45) is 0. The summed E-state index contributed by atoms with van der Waals surface area (Å²) in [6.45, 7) is 1.85. The van der Waals surface area contributed by atoms with E-state index in [1.54, 1.807) is 48.5 Å². The Labute approximate surface area is 280 Å². The van der Waals surface area contributed by atoms with Crippen LogP contribution in [0.1, 0.15) is 5.56 Å². The molecule has 0 saturated carbocycles. The van der Waals surface area contributed by atoms with Crippen molar-refractivity contribution < 1.29 is 45.3 Å². The first-order chi connectivity index (χ1) is 23.2. The highest BCUT2D eigenvalue weighted by atomic mass is 32.2. The summed E-state index contributed by atoms with van der Waals surface area (Å²) in [6, 6.07) is 17.6. The molecule has 0 atom stereocenters. The van der Waals surface area contributed by atoms with Crippen LogP contribution in [0.4, 0.5) is 28.4 Å². The standard InChI is InChI=1S/C32H29N5O10S2/c1-17-12-21(33)26(45-2)15-24(17)36-34-22-10-8-18(13-27(22)46-3)19-9-11-23(28(14-19)47-4)35-37-25-16-30(49(42,43)44)20-6-5-7-29(48(39,40)41)31(20)32(25)38/h5-16,38H,33H2,1-4H3,(H,39,40,41)(H,42,43,44). The lowest BCUT2D eigenvalue weighted by Crippen LogP contribution is -2.03. The SMILES string of the molecule is COc1cc(N=Nc2ccc(-c3ccc(N=Nc4cc(S(=O)(=O)O)c5cccc(S(=O)(=O)O)c5c4O)c(OC)c3)cc2OC)c(C)cc1N. The fraction of sp³-hybridized carbons (Fsp3) is 0.125. The molecule has 0 spiro atoms. The van der Waals surface area contributed by atoms with Crippen molar-refractivity contribution >= 4 is 59.4 Å². The van der Waals surface area contributed by atoms with Crippen molar-refractivity contribution in [1.82, 2.24) is 0 Å². The summed E-state index contributed by atoms with van der Waals surface area (Å²) in [5.41, 5.74) is 9.30. The first-order valence-electron chi connectivity index (χ1n) is 14.0. The Hall–Kier alpha value is -5.62. The van der Waals surface area contributed by atoms with E-state index in [1.807, 2.05) is 6.92 Å². The Kier molecular flexibility index (Phi) is 9.55. The topological polar surface area (TPSA) is 232 Å². The number of nitrogens with zero attached hydrogens (tertiary/aromatic N) is 4. The molecule has 0 aliphatic carbocycles.